The maximum Gasteiger partial charge on any atom is 0.0266 e. The van der Waals surface area contributed by atoms with Crippen molar-refractivity contribution in [1.29, 1.82) is 0 Å². The lowest BCUT2D eigenvalue weighted by atomic mass is 9.99. The molecule has 0 radical (unpaired) electrons. The molecule has 1 aromatic rings. The minimum Gasteiger partial charge on any atom is -0.324 e. The second-order valence-corrected chi connectivity index (χ2v) is 6.45. The van der Waals surface area contributed by atoms with Crippen molar-refractivity contribution < 1.29 is 0 Å². The molecule has 2 atom stereocenters. The Bertz CT molecular complexity index is 426. The molecule has 2 fully saturated rings. The zero-order chi connectivity index (χ0) is 13.9. The molecule has 3 rings (SSSR count). The second kappa shape index (κ2) is 6.25. The first-order valence-electron chi connectivity index (χ1n) is 8.03. The predicted molar refractivity (Wildman–Crippen MR) is 83.5 cm³/mol. The Kier molecular flexibility index (Phi) is 4.39. The van der Waals surface area contributed by atoms with Gasteiger partial charge in [0, 0.05) is 38.3 Å². The summed E-state index contributed by atoms with van der Waals surface area (Å²) < 4.78 is 0. The summed E-state index contributed by atoms with van der Waals surface area (Å²) in [5.74, 6) is 0. The van der Waals surface area contributed by atoms with Crippen LogP contribution in [0.1, 0.15) is 43.4 Å². The molecule has 0 bridgehead atoms. The van der Waals surface area contributed by atoms with Crippen LogP contribution in [-0.4, -0.2) is 42.0 Å². The molecule has 0 saturated carbocycles. The summed E-state index contributed by atoms with van der Waals surface area (Å²) in [5, 5.41) is 0. The maximum atomic E-state index is 5.91. The van der Waals surface area contributed by atoms with E-state index in [-0.39, 0.29) is 6.04 Å². The Balaban J connectivity index is 1.57. The monoisotopic (exact) mass is 273 g/mol. The highest BCUT2D eigenvalue weighted by Gasteiger charge is 2.28. The van der Waals surface area contributed by atoms with Gasteiger partial charge in [-0.05, 0) is 37.4 Å². The average Bonchev–Trinajstić information content (AvgIpc) is 2.48. The molecule has 2 aliphatic heterocycles. The fourth-order valence-corrected chi connectivity index (χ4v) is 3.55. The summed E-state index contributed by atoms with van der Waals surface area (Å²) in [6.07, 6.45) is 4.20. The van der Waals surface area contributed by atoms with Crippen molar-refractivity contribution >= 4 is 0 Å². The van der Waals surface area contributed by atoms with Crippen molar-refractivity contribution in [2.75, 3.05) is 26.2 Å². The van der Waals surface area contributed by atoms with Gasteiger partial charge in [0.15, 0.2) is 0 Å². The molecule has 20 heavy (non-hydrogen) atoms. The first-order chi connectivity index (χ1) is 9.72. The van der Waals surface area contributed by atoms with Crippen LogP contribution in [-0.2, 0) is 6.54 Å². The summed E-state index contributed by atoms with van der Waals surface area (Å²) in [6.45, 7) is 8.16. The van der Waals surface area contributed by atoms with Crippen LogP contribution < -0.4 is 5.73 Å². The highest BCUT2D eigenvalue weighted by molar-refractivity contribution is 5.24. The molecule has 3 heteroatoms. The molecule has 3 nitrogen and oxygen atoms in total. The minimum atomic E-state index is 0.134. The van der Waals surface area contributed by atoms with Crippen molar-refractivity contribution in [3.05, 3.63) is 35.4 Å². The van der Waals surface area contributed by atoms with Crippen LogP contribution in [0, 0.1) is 0 Å². The number of rotatable bonds is 3. The van der Waals surface area contributed by atoms with E-state index in [1.54, 1.807) is 0 Å². The lowest BCUT2D eigenvalue weighted by Crippen LogP contribution is -2.54. The van der Waals surface area contributed by atoms with Gasteiger partial charge < -0.3 is 5.73 Å². The Hall–Kier alpha value is -0.900. The van der Waals surface area contributed by atoms with Crippen molar-refractivity contribution in [3.63, 3.8) is 0 Å². The van der Waals surface area contributed by atoms with Gasteiger partial charge in [-0.25, -0.2) is 0 Å². The fourth-order valence-electron chi connectivity index (χ4n) is 3.55. The van der Waals surface area contributed by atoms with Crippen LogP contribution in [0.25, 0.3) is 0 Å². The van der Waals surface area contributed by atoms with E-state index in [2.05, 4.69) is 34.1 Å². The van der Waals surface area contributed by atoms with Crippen molar-refractivity contribution in [1.82, 2.24) is 9.80 Å². The summed E-state index contributed by atoms with van der Waals surface area (Å²) in [5.41, 5.74) is 8.55. The molecule has 2 N–H and O–H groups in total. The molecule has 0 unspecified atom stereocenters. The van der Waals surface area contributed by atoms with Gasteiger partial charge in [0.2, 0.25) is 0 Å². The van der Waals surface area contributed by atoms with Gasteiger partial charge in [-0.2, -0.15) is 0 Å². The van der Waals surface area contributed by atoms with Gasteiger partial charge >= 0.3 is 0 Å². The maximum absolute atomic E-state index is 5.91. The number of fused-ring (bicyclic) bond motifs is 1. The van der Waals surface area contributed by atoms with E-state index >= 15 is 0 Å². The normalized spacial score (nSPS) is 26.2. The van der Waals surface area contributed by atoms with Gasteiger partial charge in [-0.3, -0.25) is 9.80 Å². The smallest absolute Gasteiger partial charge is 0.0266 e. The first kappa shape index (κ1) is 14.1. The zero-order valence-electron chi connectivity index (χ0n) is 12.6. The molecule has 1 aromatic carbocycles. The summed E-state index contributed by atoms with van der Waals surface area (Å²) in [7, 11) is 0. The quantitative estimate of drug-likeness (QED) is 0.918. The molecule has 0 spiro atoms. The third-order valence-electron chi connectivity index (χ3n) is 4.83. The second-order valence-electron chi connectivity index (χ2n) is 6.45. The SMILES string of the molecule is C[C@H](N)c1ccc(CN2CCN3CCCC[C@H]3C2)cc1. The molecule has 0 aromatic heterocycles. The van der Waals surface area contributed by atoms with E-state index in [0.29, 0.717) is 0 Å². The van der Waals surface area contributed by atoms with Crippen molar-refractivity contribution in [2.24, 2.45) is 5.73 Å². The number of nitrogens with zero attached hydrogens (tertiary/aromatic N) is 2. The summed E-state index contributed by atoms with van der Waals surface area (Å²) >= 11 is 0. The number of benzene rings is 1. The molecule has 2 heterocycles. The number of nitrogens with two attached hydrogens (primary N) is 1. The fraction of sp³-hybridized carbons (Fsp3) is 0.647. The largest absolute Gasteiger partial charge is 0.324 e. The lowest BCUT2D eigenvalue weighted by Gasteiger charge is -2.44. The molecular weight excluding hydrogens is 246 g/mol. The molecule has 110 valence electrons. The van der Waals surface area contributed by atoms with E-state index in [1.165, 1.54) is 56.6 Å². The van der Waals surface area contributed by atoms with Gasteiger partial charge in [0.25, 0.3) is 0 Å². The minimum absolute atomic E-state index is 0.134. The lowest BCUT2D eigenvalue weighted by molar-refractivity contribution is 0.0457. The topological polar surface area (TPSA) is 32.5 Å². The summed E-state index contributed by atoms with van der Waals surface area (Å²) in [4.78, 5) is 5.31. The standard InChI is InChI=1S/C17H27N3/c1-14(18)16-7-5-15(6-8-16)12-19-10-11-20-9-3-2-4-17(20)13-19/h5-8,14,17H,2-4,9-13,18H2,1H3/t14-,17-/m0/s1. The van der Waals surface area contributed by atoms with Crippen LogP contribution in [0.3, 0.4) is 0 Å². The highest BCUT2D eigenvalue weighted by atomic mass is 15.3. The van der Waals surface area contributed by atoms with Crippen LogP contribution in [0.15, 0.2) is 24.3 Å². The first-order valence-corrected chi connectivity index (χ1v) is 8.03. The third-order valence-corrected chi connectivity index (χ3v) is 4.83. The zero-order valence-corrected chi connectivity index (χ0v) is 12.6. The van der Waals surface area contributed by atoms with Crippen LogP contribution in [0.4, 0.5) is 0 Å². The van der Waals surface area contributed by atoms with Gasteiger partial charge in [0.1, 0.15) is 0 Å². The molecule has 0 amide bonds. The van der Waals surface area contributed by atoms with E-state index < -0.39 is 0 Å². The highest BCUT2D eigenvalue weighted by Crippen LogP contribution is 2.22. The van der Waals surface area contributed by atoms with E-state index in [4.69, 9.17) is 5.73 Å². The van der Waals surface area contributed by atoms with Crippen LogP contribution in [0.5, 0.6) is 0 Å². The molecular formula is C17H27N3. The van der Waals surface area contributed by atoms with Crippen molar-refractivity contribution in [2.45, 2.75) is 44.8 Å². The molecule has 2 aliphatic rings. The van der Waals surface area contributed by atoms with Gasteiger partial charge in [-0.15, -0.1) is 0 Å². The average molecular weight is 273 g/mol. The van der Waals surface area contributed by atoms with Gasteiger partial charge in [0.05, 0.1) is 0 Å². The Labute approximate surface area is 122 Å². The third kappa shape index (κ3) is 3.22. The van der Waals surface area contributed by atoms with Crippen LogP contribution in [0.2, 0.25) is 0 Å². The molecule has 2 saturated heterocycles. The van der Waals surface area contributed by atoms with E-state index in [1.807, 2.05) is 6.92 Å². The Morgan fingerprint density at radius 3 is 2.70 bits per heavy atom. The van der Waals surface area contributed by atoms with E-state index in [9.17, 15) is 0 Å². The summed E-state index contributed by atoms with van der Waals surface area (Å²) in [6, 6.07) is 9.78. The predicted octanol–water partition coefficient (Wildman–Crippen LogP) is 2.38. The molecule has 0 aliphatic carbocycles. The number of piperazine rings is 1. The van der Waals surface area contributed by atoms with Crippen LogP contribution >= 0.6 is 0 Å². The number of piperidine rings is 1. The van der Waals surface area contributed by atoms with E-state index in [0.717, 1.165) is 12.6 Å². The Morgan fingerprint density at radius 1 is 1.15 bits per heavy atom. The van der Waals surface area contributed by atoms with Gasteiger partial charge in [-0.1, -0.05) is 30.7 Å². The Morgan fingerprint density at radius 2 is 1.95 bits per heavy atom. The number of hydrogen-bond donors (Lipinski definition) is 1. The number of hydrogen-bond acceptors (Lipinski definition) is 3. The van der Waals surface area contributed by atoms with Crippen molar-refractivity contribution in [3.8, 4) is 0 Å².